The van der Waals surface area contributed by atoms with Gasteiger partial charge in [-0.2, -0.15) is 0 Å². The van der Waals surface area contributed by atoms with Crippen LogP contribution in [0.3, 0.4) is 0 Å². The van der Waals surface area contributed by atoms with Crippen molar-refractivity contribution in [2.75, 3.05) is 0 Å². The number of fused-ring (bicyclic) bond motifs is 4. The topological polar surface area (TPSA) is 225 Å². The van der Waals surface area contributed by atoms with E-state index in [1.807, 2.05) is 0 Å². The summed E-state index contributed by atoms with van der Waals surface area (Å²) in [5.41, 5.74) is 2.86. The molecular formula is C12H12N3O13P. The van der Waals surface area contributed by atoms with Crippen LogP contribution in [0.25, 0.3) is 0 Å². The Morgan fingerprint density at radius 2 is 2.03 bits per heavy atom. The van der Waals surface area contributed by atoms with Gasteiger partial charge in [-0.1, -0.05) is 14.0 Å². The van der Waals surface area contributed by atoms with Gasteiger partial charge < -0.3 is 20.6 Å². The van der Waals surface area contributed by atoms with Crippen molar-refractivity contribution in [3.63, 3.8) is 0 Å². The van der Waals surface area contributed by atoms with Gasteiger partial charge in [0.05, 0.1) is 12.7 Å². The zero-order chi connectivity index (χ0) is 21.2. The van der Waals surface area contributed by atoms with E-state index in [9.17, 15) is 28.8 Å². The van der Waals surface area contributed by atoms with Gasteiger partial charge in [-0.05, 0) is 0 Å². The molecule has 29 heavy (non-hydrogen) atoms. The number of nitrogens with two attached hydrogens (primary N) is 1. The molecule has 4 unspecified atom stereocenters. The van der Waals surface area contributed by atoms with Crippen molar-refractivity contribution in [1.29, 1.82) is 0 Å². The number of H-pyrrole nitrogens is 1. The highest BCUT2D eigenvalue weighted by atomic mass is 31.2. The summed E-state index contributed by atoms with van der Waals surface area (Å²) in [5, 5.41) is 10.6. The van der Waals surface area contributed by atoms with Crippen LogP contribution in [0.4, 0.5) is 0 Å². The highest BCUT2D eigenvalue weighted by molar-refractivity contribution is 7.48. The lowest BCUT2D eigenvalue weighted by atomic mass is 9.92. The molecule has 2 aliphatic heterocycles. The molecule has 0 saturated carbocycles. The van der Waals surface area contributed by atoms with E-state index < -0.39 is 55.9 Å². The number of carbonyl (C=O) groups excluding carboxylic acids is 4. The van der Waals surface area contributed by atoms with E-state index in [0.717, 1.165) is 0 Å². The van der Waals surface area contributed by atoms with Gasteiger partial charge in [-0.25, -0.2) is 23.9 Å². The molecule has 2 fully saturated rings. The number of carbonyl (C=O) groups is 4. The Labute approximate surface area is 159 Å². The van der Waals surface area contributed by atoms with E-state index in [4.69, 9.17) is 10.5 Å². The van der Waals surface area contributed by atoms with E-state index >= 15 is 0 Å². The fraction of sp³-hybridized carbons (Fsp3) is 0.417. The normalized spacial score (nSPS) is 31.1. The Balaban J connectivity index is 1.89. The minimum absolute atomic E-state index is 0.131. The molecule has 2 bridgehead atoms. The van der Waals surface area contributed by atoms with Crippen LogP contribution in [0.15, 0.2) is 12.5 Å². The molecule has 0 aromatic carbocycles. The molecule has 16 nitrogen and oxygen atoms in total. The molecule has 0 aliphatic carbocycles. The Morgan fingerprint density at radius 3 is 2.72 bits per heavy atom. The lowest BCUT2D eigenvalue weighted by Crippen LogP contribution is -2.58. The van der Waals surface area contributed by atoms with Gasteiger partial charge in [-0.3, -0.25) is 19.5 Å². The molecule has 158 valence electrons. The van der Waals surface area contributed by atoms with Gasteiger partial charge in [-0.15, -0.1) is 0 Å². The summed E-state index contributed by atoms with van der Waals surface area (Å²) in [5.74, 6) is -6.42. The highest BCUT2D eigenvalue weighted by Crippen LogP contribution is 2.52. The summed E-state index contributed by atoms with van der Waals surface area (Å²) in [6.45, 7) is 0. The number of hydrogen-bond acceptors (Lipinski definition) is 15. The summed E-state index contributed by atoms with van der Waals surface area (Å²) < 4.78 is 28.8. The van der Waals surface area contributed by atoms with Gasteiger partial charge in [0, 0.05) is 18.3 Å². The first-order chi connectivity index (χ1) is 13.6. The average molecular weight is 437 g/mol. The molecule has 1 aromatic heterocycles. The predicted molar refractivity (Wildman–Crippen MR) is 78.9 cm³/mol. The van der Waals surface area contributed by atoms with E-state index in [-0.39, 0.29) is 6.42 Å². The van der Waals surface area contributed by atoms with Crippen LogP contribution in [0.1, 0.15) is 12.1 Å². The Morgan fingerprint density at radius 1 is 1.34 bits per heavy atom. The largest absolute Gasteiger partial charge is 0.584 e. The first-order valence-electron chi connectivity index (χ1n) is 7.58. The fourth-order valence-corrected chi connectivity index (χ4v) is 2.76. The van der Waals surface area contributed by atoms with E-state index in [0.29, 0.717) is 5.69 Å². The van der Waals surface area contributed by atoms with Crippen molar-refractivity contribution in [3.05, 3.63) is 18.2 Å². The third-order valence-electron chi connectivity index (χ3n) is 3.58. The molecule has 3 rings (SSSR count). The van der Waals surface area contributed by atoms with Crippen LogP contribution in [0.5, 0.6) is 0 Å². The maximum Gasteiger partial charge on any atom is 0.584 e. The lowest BCUT2D eigenvalue weighted by molar-refractivity contribution is -0.293. The molecule has 17 heteroatoms. The van der Waals surface area contributed by atoms with Crippen LogP contribution in [-0.4, -0.2) is 56.7 Å². The van der Waals surface area contributed by atoms with Gasteiger partial charge in [0.15, 0.2) is 0 Å². The molecule has 0 amide bonds. The molecule has 4 N–H and O–H groups in total. The van der Waals surface area contributed by atoms with Gasteiger partial charge in [0.25, 0.3) is 0 Å². The number of aliphatic hydroxyl groups is 1. The number of aromatic nitrogens is 2. The molecule has 0 radical (unpaired) electrons. The van der Waals surface area contributed by atoms with Crippen LogP contribution >= 0.6 is 7.82 Å². The number of rotatable bonds is 4. The number of ether oxygens (including phenoxy) is 1. The van der Waals surface area contributed by atoms with Crippen molar-refractivity contribution < 1.29 is 62.3 Å². The minimum Gasteiger partial charge on any atom is -0.445 e. The first-order valence-corrected chi connectivity index (χ1v) is 9.05. The molecular weight excluding hydrogens is 425 g/mol. The second-order valence-corrected chi connectivity index (χ2v) is 7.05. The Bertz CT molecular complexity index is 872. The summed E-state index contributed by atoms with van der Waals surface area (Å²) in [6.07, 6.45) is -1.35. The summed E-state index contributed by atoms with van der Waals surface area (Å²) in [7, 11) is -5.08. The number of aromatic amines is 1. The lowest BCUT2D eigenvalue weighted by Gasteiger charge is -2.29. The Hall–Kier alpha value is -2.88. The zero-order valence-electron chi connectivity index (χ0n) is 14.0. The van der Waals surface area contributed by atoms with Gasteiger partial charge in [0.1, 0.15) is 6.04 Å². The van der Waals surface area contributed by atoms with Crippen LogP contribution in [0, 0.1) is 0 Å². The maximum absolute atomic E-state index is 12.3. The smallest absolute Gasteiger partial charge is 0.445 e. The second kappa shape index (κ2) is 7.86. The number of nitrogens with zero attached hydrogens (tertiary/aromatic N) is 1. The van der Waals surface area contributed by atoms with Crippen LogP contribution in [-0.2, 0) is 63.6 Å². The Kier molecular flexibility index (Phi) is 5.65. The molecule has 1 aromatic rings. The summed E-state index contributed by atoms with van der Waals surface area (Å²) in [4.78, 5) is 67.0. The molecule has 3 heterocycles. The fourth-order valence-electron chi connectivity index (χ4n) is 2.18. The van der Waals surface area contributed by atoms with Crippen LogP contribution in [0.2, 0.25) is 0 Å². The number of hydrogen-bond donors (Lipinski definition) is 3. The first kappa shape index (κ1) is 20.8. The SMILES string of the molecule is NC(Cc1cnc[nH]1)C(=O)OC1C(=O)OOP2(=O)OOC(=O)CC1(O)C(=O)OO2. The number of esters is 1. The predicted octanol–water partition coefficient (Wildman–Crippen LogP) is -2.13. The third-order valence-corrected chi connectivity index (χ3v) is 4.35. The summed E-state index contributed by atoms with van der Waals surface area (Å²) >= 11 is 0. The third kappa shape index (κ3) is 4.42. The van der Waals surface area contributed by atoms with Crippen LogP contribution < -0.4 is 5.73 Å². The second-order valence-electron chi connectivity index (χ2n) is 5.70. The van der Waals surface area contributed by atoms with Crippen molar-refractivity contribution in [2.45, 2.75) is 30.6 Å². The minimum atomic E-state index is -5.08. The standard InChI is InChI=1S/C12H12N3O13P/c13-6(1-5-3-14-4-15-5)9(17)22-8-10(18)24-27-29(21)26-23-7(16)2-12(8,20)11(19)25-28-29/h3-4,6,8,20H,1-2,13H2,(H,14,15). The van der Waals surface area contributed by atoms with Crippen molar-refractivity contribution in [2.24, 2.45) is 5.73 Å². The van der Waals surface area contributed by atoms with Gasteiger partial charge >= 0.3 is 31.7 Å². The number of imidazole rings is 1. The molecule has 2 saturated heterocycles. The average Bonchev–Trinajstić information content (AvgIpc) is 3.19. The molecule has 4 atom stereocenters. The van der Waals surface area contributed by atoms with E-state index in [1.54, 1.807) is 0 Å². The quantitative estimate of drug-likeness (QED) is 0.260. The van der Waals surface area contributed by atoms with E-state index in [2.05, 4.69) is 38.7 Å². The van der Waals surface area contributed by atoms with E-state index in [1.165, 1.54) is 12.5 Å². The summed E-state index contributed by atoms with van der Waals surface area (Å²) in [6, 6.07) is -1.40. The zero-order valence-corrected chi connectivity index (χ0v) is 14.9. The molecule has 0 spiro atoms. The number of nitrogens with one attached hydrogen (secondary N) is 1. The van der Waals surface area contributed by atoms with Crippen molar-refractivity contribution in [3.8, 4) is 0 Å². The molecule has 2 aliphatic rings. The van der Waals surface area contributed by atoms with Crippen molar-refractivity contribution in [1.82, 2.24) is 9.97 Å². The van der Waals surface area contributed by atoms with Crippen molar-refractivity contribution >= 4 is 31.7 Å². The van der Waals surface area contributed by atoms with Gasteiger partial charge in [0.2, 0.25) is 11.7 Å². The maximum atomic E-state index is 12.3. The highest BCUT2D eigenvalue weighted by Gasteiger charge is 2.59. The number of phosphoric acid groups is 1. The monoisotopic (exact) mass is 437 g/mol.